The Labute approximate surface area is 202 Å². The Morgan fingerprint density at radius 2 is 1.65 bits per heavy atom. The summed E-state index contributed by atoms with van der Waals surface area (Å²) in [6.45, 7) is 3.41. The minimum atomic E-state index is -3.58. The van der Waals surface area contributed by atoms with Crippen LogP contribution in [0.1, 0.15) is 55.2 Å². The van der Waals surface area contributed by atoms with Crippen LogP contribution in [0, 0.1) is 6.92 Å². The molecule has 2 amide bonds. The lowest BCUT2D eigenvalue weighted by Crippen LogP contribution is -2.40. The molecular formula is C26H33N3O4S. The number of hydrogen-bond donors (Lipinski definition) is 1. The Balaban J connectivity index is 1.51. The van der Waals surface area contributed by atoms with Gasteiger partial charge in [0.2, 0.25) is 21.8 Å². The van der Waals surface area contributed by atoms with Crippen molar-refractivity contribution in [3.05, 3.63) is 59.2 Å². The fourth-order valence-corrected chi connectivity index (χ4v) is 6.16. The molecule has 0 aromatic heterocycles. The van der Waals surface area contributed by atoms with Crippen molar-refractivity contribution >= 4 is 27.5 Å². The maximum atomic E-state index is 13.3. The Morgan fingerprint density at radius 3 is 2.35 bits per heavy atom. The van der Waals surface area contributed by atoms with Crippen LogP contribution >= 0.6 is 0 Å². The van der Waals surface area contributed by atoms with Gasteiger partial charge in [-0.1, -0.05) is 42.7 Å². The molecular weight excluding hydrogens is 450 g/mol. The highest BCUT2D eigenvalue weighted by Crippen LogP contribution is 2.31. The van der Waals surface area contributed by atoms with Crippen LogP contribution in [0.15, 0.2) is 47.4 Å². The molecule has 1 fully saturated rings. The Morgan fingerprint density at radius 1 is 0.941 bits per heavy atom. The number of anilines is 1. The number of nitrogens with one attached hydrogen (secondary N) is 1. The predicted molar refractivity (Wildman–Crippen MR) is 132 cm³/mol. The van der Waals surface area contributed by atoms with Gasteiger partial charge in [0.25, 0.3) is 0 Å². The summed E-state index contributed by atoms with van der Waals surface area (Å²) >= 11 is 0. The third kappa shape index (κ3) is 5.67. The van der Waals surface area contributed by atoms with Crippen molar-refractivity contribution in [1.82, 2.24) is 9.62 Å². The van der Waals surface area contributed by atoms with Gasteiger partial charge >= 0.3 is 0 Å². The second kappa shape index (κ2) is 10.7. The van der Waals surface area contributed by atoms with E-state index >= 15 is 0 Å². The monoisotopic (exact) mass is 483 g/mol. The standard InChI is InChI=1S/C26H33N3O4S/c1-20-9-11-21(12-10-20)18-27-25(30)19-29-24-14-13-23(17-22(24)7-6-8-26(29)31)34(32,33)28-15-4-2-3-5-16-28/h9-14,17H,2-8,15-16,18-19H2,1H3,(H,27,30). The van der Waals surface area contributed by atoms with Crippen molar-refractivity contribution in [3.63, 3.8) is 0 Å². The molecule has 0 radical (unpaired) electrons. The van der Waals surface area contributed by atoms with Crippen molar-refractivity contribution in [1.29, 1.82) is 0 Å². The fraction of sp³-hybridized carbons (Fsp3) is 0.462. The van der Waals surface area contributed by atoms with Crippen LogP contribution in [-0.2, 0) is 32.6 Å². The first-order valence-corrected chi connectivity index (χ1v) is 13.5. The molecule has 2 aromatic rings. The van der Waals surface area contributed by atoms with Crippen LogP contribution < -0.4 is 10.2 Å². The van der Waals surface area contributed by atoms with E-state index in [0.717, 1.165) is 42.4 Å². The van der Waals surface area contributed by atoms with Crippen LogP contribution in [0.4, 0.5) is 5.69 Å². The summed E-state index contributed by atoms with van der Waals surface area (Å²) in [5.74, 6) is -0.365. The van der Waals surface area contributed by atoms with Crippen LogP contribution in [0.2, 0.25) is 0 Å². The summed E-state index contributed by atoms with van der Waals surface area (Å²) in [5, 5.41) is 2.89. The number of carbonyl (C=O) groups excluding carboxylic acids is 2. The molecule has 1 N–H and O–H groups in total. The third-order valence-corrected chi connectivity index (χ3v) is 8.49. The van der Waals surface area contributed by atoms with Gasteiger partial charge in [0.1, 0.15) is 6.54 Å². The number of benzene rings is 2. The van der Waals surface area contributed by atoms with Gasteiger partial charge in [0, 0.05) is 31.7 Å². The van der Waals surface area contributed by atoms with E-state index in [4.69, 9.17) is 0 Å². The van der Waals surface area contributed by atoms with Crippen LogP contribution in [0.3, 0.4) is 0 Å². The zero-order valence-corrected chi connectivity index (χ0v) is 20.6. The number of aryl methyl sites for hydroxylation is 2. The van der Waals surface area contributed by atoms with E-state index in [1.54, 1.807) is 22.5 Å². The molecule has 8 heteroatoms. The minimum absolute atomic E-state index is 0.0874. The second-order valence-electron chi connectivity index (χ2n) is 9.20. The van der Waals surface area contributed by atoms with Gasteiger partial charge < -0.3 is 10.2 Å². The molecule has 0 bridgehead atoms. The molecule has 0 unspecified atom stereocenters. The van der Waals surface area contributed by atoms with Crippen molar-refractivity contribution < 1.29 is 18.0 Å². The number of rotatable bonds is 6. The zero-order chi connectivity index (χ0) is 24.1. The number of fused-ring (bicyclic) bond motifs is 1. The van der Waals surface area contributed by atoms with Crippen molar-refractivity contribution in [2.45, 2.75) is 63.3 Å². The van der Waals surface area contributed by atoms with Gasteiger partial charge in [-0.05, 0) is 61.9 Å². The molecule has 0 saturated carbocycles. The average Bonchev–Trinajstić information content (AvgIpc) is 3.19. The number of hydrogen-bond acceptors (Lipinski definition) is 4. The first-order chi connectivity index (χ1) is 16.3. The number of amides is 2. The highest BCUT2D eigenvalue weighted by Gasteiger charge is 2.29. The van der Waals surface area contributed by atoms with Crippen LogP contribution in [0.25, 0.3) is 0 Å². The van der Waals surface area contributed by atoms with Crippen LogP contribution in [-0.4, -0.2) is 44.2 Å². The van der Waals surface area contributed by atoms with Crippen molar-refractivity contribution in [3.8, 4) is 0 Å². The van der Waals surface area contributed by atoms with Gasteiger partial charge in [-0.2, -0.15) is 4.31 Å². The summed E-state index contributed by atoms with van der Waals surface area (Å²) in [6, 6.07) is 12.9. The molecule has 2 aliphatic rings. The maximum Gasteiger partial charge on any atom is 0.243 e. The van der Waals surface area contributed by atoms with E-state index < -0.39 is 10.0 Å². The van der Waals surface area contributed by atoms with Crippen molar-refractivity contribution in [2.75, 3.05) is 24.5 Å². The molecule has 7 nitrogen and oxygen atoms in total. The lowest BCUT2D eigenvalue weighted by atomic mass is 10.1. The third-order valence-electron chi connectivity index (χ3n) is 6.59. The van der Waals surface area contributed by atoms with Crippen molar-refractivity contribution in [2.24, 2.45) is 0 Å². The Hall–Kier alpha value is -2.71. The van der Waals surface area contributed by atoms with Gasteiger partial charge in [-0.15, -0.1) is 0 Å². The maximum absolute atomic E-state index is 13.3. The normalized spacial score (nSPS) is 17.6. The summed E-state index contributed by atoms with van der Waals surface area (Å²) in [6.07, 6.45) is 5.42. The Kier molecular flexibility index (Phi) is 7.68. The number of carbonyl (C=O) groups is 2. The molecule has 0 spiro atoms. The average molecular weight is 484 g/mol. The predicted octanol–water partition coefficient (Wildman–Crippen LogP) is 3.55. The summed E-state index contributed by atoms with van der Waals surface area (Å²) in [5.41, 5.74) is 3.57. The molecule has 34 heavy (non-hydrogen) atoms. The first-order valence-electron chi connectivity index (χ1n) is 12.1. The highest BCUT2D eigenvalue weighted by molar-refractivity contribution is 7.89. The smallest absolute Gasteiger partial charge is 0.243 e. The molecule has 4 rings (SSSR count). The molecule has 0 aliphatic carbocycles. The van der Waals surface area contributed by atoms with Gasteiger partial charge in [0.05, 0.1) is 4.90 Å². The second-order valence-corrected chi connectivity index (χ2v) is 11.1. The molecule has 182 valence electrons. The van der Waals surface area contributed by atoms with Gasteiger partial charge in [0.15, 0.2) is 0 Å². The topological polar surface area (TPSA) is 86.8 Å². The molecule has 2 aromatic carbocycles. The fourth-order valence-electron chi connectivity index (χ4n) is 4.60. The van der Waals surface area contributed by atoms with E-state index in [1.165, 1.54) is 4.90 Å². The van der Waals surface area contributed by atoms with Gasteiger partial charge in [-0.25, -0.2) is 8.42 Å². The van der Waals surface area contributed by atoms with E-state index in [1.807, 2.05) is 31.2 Å². The lowest BCUT2D eigenvalue weighted by Gasteiger charge is -2.24. The quantitative estimate of drug-likeness (QED) is 0.681. The van der Waals surface area contributed by atoms with E-state index in [0.29, 0.717) is 44.6 Å². The molecule has 1 saturated heterocycles. The van der Waals surface area contributed by atoms with E-state index in [9.17, 15) is 18.0 Å². The molecule has 0 atom stereocenters. The number of sulfonamides is 1. The highest BCUT2D eigenvalue weighted by atomic mass is 32.2. The lowest BCUT2D eigenvalue weighted by molar-refractivity contribution is -0.123. The van der Waals surface area contributed by atoms with Gasteiger partial charge in [-0.3, -0.25) is 9.59 Å². The summed E-state index contributed by atoms with van der Waals surface area (Å²) in [7, 11) is -3.58. The molecule has 2 aliphatic heterocycles. The summed E-state index contributed by atoms with van der Waals surface area (Å²) in [4.78, 5) is 27.3. The molecule has 2 heterocycles. The zero-order valence-electron chi connectivity index (χ0n) is 19.8. The summed E-state index contributed by atoms with van der Waals surface area (Å²) < 4.78 is 28.1. The largest absolute Gasteiger partial charge is 0.350 e. The number of nitrogens with zero attached hydrogens (tertiary/aromatic N) is 2. The minimum Gasteiger partial charge on any atom is -0.350 e. The Bertz CT molecular complexity index is 1140. The van der Waals surface area contributed by atoms with E-state index in [-0.39, 0.29) is 23.3 Å². The SMILES string of the molecule is Cc1ccc(CNC(=O)CN2C(=O)CCCc3cc(S(=O)(=O)N4CCCCCC4)ccc32)cc1. The van der Waals surface area contributed by atoms with E-state index in [2.05, 4.69) is 5.32 Å². The first kappa shape index (κ1) is 24.4. The van der Waals surface area contributed by atoms with Crippen LogP contribution in [0.5, 0.6) is 0 Å².